The lowest BCUT2D eigenvalue weighted by Gasteiger charge is -2.19. The van der Waals surface area contributed by atoms with E-state index in [1.165, 1.54) is 0 Å². The zero-order valence-electron chi connectivity index (χ0n) is 11.8. The van der Waals surface area contributed by atoms with E-state index in [4.69, 9.17) is 9.47 Å². The molecule has 1 heterocycles. The van der Waals surface area contributed by atoms with Crippen LogP contribution in [0.4, 0.5) is 0 Å². The maximum atomic E-state index is 5.63. The summed E-state index contributed by atoms with van der Waals surface area (Å²) in [6, 6.07) is 0. The molecule has 1 aromatic heterocycles. The Kier molecular flexibility index (Phi) is 6.24. The molecular formula is C12H24N4O2. The number of aromatic nitrogens is 3. The van der Waals surface area contributed by atoms with E-state index < -0.39 is 0 Å². The second kappa shape index (κ2) is 7.45. The fourth-order valence-electron chi connectivity index (χ4n) is 1.34. The van der Waals surface area contributed by atoms with E-state index in [-0.39, 0.29) is 5.60 Å². The first-order valence-electron chi connectivity index (χ1n) is 6.23. The summed E-state index contributed by atoms with van der Waals surface area (Å²) in [6.07, 6.45) is 1.74. The molecular weight excluding hydrogens is 232 g/mol. The Morgan fingerprint density at radius 2 is 2.11 bits per heavy atom. The summed E-state index contributed by atoms with van der Waals surface area (Å²) in [4.78, 5) is 4.22. The fraction of sp³-hybridized carbons (Fsp3) is 0.833. The van der Waals surface area contributed by atoms with Gasteiger partial charge in [0.1, 0.15) is 6.33 Å². The molecule has 0 radical (unpaired) electrons. The third-order valence-electron chi connectivity index (χ3n) is 2.21. The van der Waals surface area contributed by atoms with Crippen molar-refractivity contribution >= 4 is 0 Å². The maximum absolute atomic E-state index is 5.63. The van der Waals surface area contributed by atoms with Gasteiger partial charge < -0.3 is 14.8 Å². The summed E-state index contributed by atoms with van der Waals surface area (Å²) >= 11 is 0. The summed E-state index contributed by atoms with van der Waals surface area (Å²) in [5.74, 6) is 0.793. The third-order valence-corrected chi connectivity index (χ3v) is 2.21. The third kappa shape index (κ3) is 6.68. The normalized spacial score (nSPS) is 12.0. The Morgan fingerprint density at radius 1 is 1.33 bits per heavy atom. The smallest absolute Gasteiger partial charge is 0.164 e. The highest BCUT2D eigenvalue weighted by Crippen LogP contribution is 2.06. The minimum Gasteiger partial charge on any atom is -0.383 e. The molecule has 0 spiro atoms. The van der Waals surface area contributed by atoms with Crippen molar-refractivity contribution in [2.24, 2.45) is 0 Å². The van der Waals surface area contributed by atoms with Gasteiger partial charge in [-0.1, -0.05) is 0 Å². The van der Waals surface area contributed by atoms with Gasteiger partial charge in [0.15, 0.2) is 5.82 Å². The van der Waals surface area contributed by atoms with Crippen LogP contribution in [0.2, 0.25) is 0 Å². The number of methoxy groups -OCH3 is 1. The molecule has 104 valence electrons. The Labute approximate surface area is 109 Å². The molecule has 0 aliphatic rings. The largest absolute Gasteiger partial charge is 0.383 e. The molecule has 0 amide bonds. The van der Waals surface area contributed by atoms with Gasteiger partial charge in [0, 0.05) is 13.7 Å². The number of nitrogens with zero attached hydrogens (tertiary/aromatic N) is 3. The van der Waals surface area contributed by atoms with E-state index in [1.54, 1.807) is 18.1 Å². The second-order valence-corrected chi connectivity index (χ2v) is 5.05. The van der Waals surface area contributed by atoms with E-state index in [9.17, 15) is 0 Å². The minimum atomic E-state index is -0.106. The lowest BCUT2D eigenvalue weighted by molar-refractivity contribution is -0.00795. The minimum absolute atomic E-state index is 0.106. The molecule has 18 heavy (non-hydrogen) atoms. The van der Waals surface area contributed by atoms with Crippen LogP contribution < -0.4 is 5.32 Å². The Hall–Kier alpha value is -0.980. The molecule has 1 aromatic rings. The van der Waals surface area contributed by atoms with Crippen LogP contribution in [0.5, 0.6) is 0 Å². The zero-order chi connectivity index (χ0) is 13.4. The number of rotatable bonds is 8. The average Bonchev–Trinajstić information content (AvgIpc) is 2.71. The molecule has 0 aliphatic carbocycles. The van der Waals surface area contributed by atoms with Crippen LogP contribution in [-0.4, -0.2) is 47.2 Å². The van der Waals surface area contributed by atoms with Gasteiger partial charge in [-0.25, -0.2) is 4.98 Å². The molecule has 0 saturated heterocycles. The van der Waals surface area contributed by atoms with Crippen LogP contribution in [0.1, 0.15) is 26.6 Å². The molecule has 0 aliphatic heterocycles. The van der Waals surface area contributed by atoms with Gasteiger partial charge in [-0.05, 0) is 20.8 Å². The van der Waals surface area contributed by atoms with Crippen molar-refractivity contribution in [1.82, 2.24) is 20.1 Å². The predicted octanol–water partition coefficient (Wildman–Crippen LogP) is 0.829. The van der Waals surface area contributed by atoms with Gasteiger partial charge in [0.2, 0.25) is 0 Å². The van der Waals surface area contributed by atoms with E-state index in [0.717, 1.165) is 18.9 Å². The summed E-state index contributed by atoms with van der Waals surface area (Å²) in [7, 11) is 1.68. The van der Waals surface area contributed by atoms with Crippen LogP contribution in [0, 0.1) is 0 Å². The first-order chi connectivity index (χ1) is 8.51. The average molecular weight is 256 g/mol. The predicted molar refractivity (Wildman–Crippen MR) is 69.3 cm³/mol. The van der Waals surface area contributed by atoms with Gasteiger partial charge in [-0.2, -0.15) is 5.10 Å². The SMILES string of the molecule is COCCNCc1ncn(CCOC(C)(C)C)n1. The lowest BCUT2D eigenvalue weighted by Crippen LogP contribution is -2.22. The Morgan fingerprint density at radius 3 is 2.78 bits per heavy atom. The zero-order valence-corrected chi connectivity index (χ0v) is 11.8. The Balaban J connectivity index is 2.21. The molecule has 1 N–H and O–H groups in total. The molecule has 0 aromatic carbocycles. The monoisotopic (exact) mass is 256 g/mol. The van der Waals surface area contributed by atoms with Crippen LogP contribution in [0.25, 0.3) is 0 Å². The van der Waals surface area contributed by atoms with Crippen LogP contribution in [0.3, 0.4) is 0 Å². The highest BCUT2D eigenvalue weighted by atomic mass is 16.5. The van der Waals surface area contributed by atoms with Crippen molar-refractivity contribution in [2.75, 3.05) is 26.9 Å². The van der Waals surface area contributed by atoms with Crippen molar-refractivity contribution in [3.8, 4) is 0 Å². The summed E-state index contributed by atoms with van der Waals surface area (Å²) < 4.78 is 12.4. The van der Waals surface area contributed by atoms with E-state index in [0.29, 0.717) is 19.8 Å². The molecule has 6 heteroatoms. The molecule has 0 unspecified atom stereocenters. The number of hydrogen-bond acceptors (Lipinski definition) is 5. The van der Waals surface area contributed by atoms with Gasteiger partial charge >= 0.3 is 0 Å². The van der Waals surface area contributed by atoms with E-state index in [1.807, 2.05) is 20.8 Å². The van der Waals surface area contributed by atoms with E-state index >= 15 is 0 Å². The topological polar surface area (TPSA) is 61.2 Å². The van der Waals surface area contributed by atoms with Crippen LogP contribution in [0.15, 0.2) is 6.33 Å². The van der Waals surface area contributed by atoms with Crippen molar-refractivity contribution in [3.05, 3.63) is 12.2 Å². The van der Waals surface area contributed by atoms with Gasteiger partial charge in [0.25, 0.3) is 0 Å². The second-order valence-electron chi connectivity index (χ2n) is 5.05. The van der Waals surface area contributed by atoms with Gasteiger partial charge in [-0.15, -0.1) is 0 Å². The molecule has 0 atom stereocenters. The van der Waals surface area contributed by atoms with Crippen molar-refractivity contribution in [1.29, 1.82) is 0 Å². The van der Waals surface area contributed by atoms with Gasteiger partial charge in [-0.3, -0.25) is 4.68 Å². The van der Waals surface area contributed by atoms with Crippen LogP contribution in [-0.2, 0) is 22.6 Å². The summed E-state index contributed by atoms with van der Waals surface area (Å²) in [5.41, 5.74) is -0.106. The number of hydrogen-bond donors (Lipinski definition) is 1. The van der Waals surface area contributed by atoms with Gasteiger partial charge in [0.05, 0.1) is 31.9 Å². The summed E-state index contributed by atoms with van der Waals surface area (Å²) in [5, 5.41) is 7.55. The fourth-order valence-corrected chi connectivity index (χ4v) is 1.34. The molecule has 1 rings (SSSR count). The standard InChI is InChI=1S/C12H24N4O2/c1-12(2,3)18-8-6-16-10-14-11(15-16)9-13-5-7-17-4/h10,13H,5-9H2,1-4H3. The molecule has 0 saturated carbocycles. The lowest BCUT2D eigenvalue weighted by atomic mass is 10.2. The molecule has 0 fully saturated rings. The first-order valence-corrected chi connectivity index (χ1v) is 6.23. The molecule has 0 bridgehead atoms. The highest BCUT2D eigenvalue weighted by molar-refractivity contribution is 4.80. The maximum Gasteiger partial charge on any atom is 0.164 e. The number of nitrogens with one attached hydrogen (secondary N) is 1. The highest BCUT2D eigenvalue weighted by Gasteiger charge is 2.09. The first kappa shape index (κ1) is 15.1. The Bertz CT molecular complexity index is 333. The van der Waals surface area contributed by atoms with Crippen molar-refractivity contribution < 1.29 is 9.47 Å². The quantitative estimate of drug-likeness (QED) is 0.698. The van der Waals surface area contributed by atoms with Crippen LogP contribution >= 0.6 is 0 Å². The van der Waals surface area contributed by atoms with Crippen molar-refractivity contribution in [3.63, 3.8) is 0 Å². The summed E-state index contributed by atoms with van der Waals surface area (Å²) in [6.45, 7) is 9.65. The molecule has 6 nitrogen and oxygen atoms in total. The van der Waals surface area contributed by atoms with E-state index in [2.05, 4.69) is 15.4 Å². The van der Waals surface area contributed by atoms with Crippen molar-refractivity contribution in [2.45, 2.75) is 39.5 Å². The number of ether oxygens (including phenoxy) is 2.